The van der Waals surface area contributed by atoms with Gasteiger partial charge in [-0.1, -0.05) is 37.6 Å². The Labute approximate surface area is 132 Å². The van der Waals surface area contributed by atoms with E-state index in [2.05, 4.69) is 18.7 Å². The van der Waals surface area contributed by atoms with Crippen molar-refractivity contribution < 1.29 is 9.84 Å². The second-order valence-electron chi connectivity index (χ2n) is 6.46. The van der Waals surface area contributed by atoms with Crippen LogP contribution in [-0.4, -0.2) is 42.4 Å². The van der Waals surface area contributed by atoms with Crippen molar-refractivity contribution in [3.8, 4) is 0 Å². The third-order valence-corrected chi connectivity index (χ3v) is 4.16. The number of halogens is 1. The number of aliphatic hydroxyl groups is 1. The lowest BCUT2D eigenvalue weighted by Gasteiger charge is -2.35. The average Bonchev–Trinajstić information content (AvgIpc) is 2.39. The second kappa shape index (κ2) is 8.14. The largest absolute Gasteiger partial charge is 0.389 e. The SMILES string of the molecule is C[C@@H]1C[C@H](C)CN(C[C@@H](O)COCc2ccc(Cl)cc2)C1. The van der Waals surface area contributed by atoms with Gasteiger partial charge in [0, 0.05) is 24.7 Å². The van der Waals surface area contributed by atoms with Crippen LogP contribution in [0.3, 0.4) is 0 Å². The summed E-state index contributed by atoms with van der Waals surface area (Å²) in [5.74, 6) is 1.44. The molecule has 118 valence electrons. The molecule has 0 radical (unpaired) electrons. The topological polar surface area (TPSA) is 32.7 Å². The fourth-order valence-corrected chi connectivity index (χ4v) is 3.31. The van der Waals surface area contributed by atoms with Crippen LogP contribution in [0.1, 0.15) is 25.8 Å². The molecule has 1 aromatic carbocycles. The van der Waals surface area contributed by atoms with E-state index in [1.54, 1.807) is 0 Å². The van der Waals surface area contributed by atoms with Gasteiger partial charge in [-0.3, -0.25) is 0 Å². The minimum atomic E-state index is -0.421. The van der Waals surface area contributed by atoms with Gasteiger partial charge in [-0.25, -0.2) is 0 Å². The highest BCUT2D eigenvalue weighted by Crippen LogP contribution is 2.21. The van der Waals surface area contributed by atoms with Gasteiger partial charge in [0.1, 0.15) is 0 Å². The molecule has 0 spiro atoms. The van der Waals surface area contributed by atoms with Crippen molar-refractivity contribution in [3.63, 3.8) is 0 Å². The van der Waals surface area contributed by atoms with E-state index in [1.165, 1.54) is 6.42 Å². The van der Waals surface area contributed by atoms with E-state index in [4.69, 9.17) is 16.3 Å². The molecule has 1 N–H and O–H groups in total. The first kappa shape index (κ1) is 16.8. The lowest BCUT2D eigenvalue weighted by Crippen LogP contribution is -2.43. The minimum Gasteiger partial charge on any atom is -0.389 e. The number of benzene rings is 1. The van der Waals surface area contributed by atoms with Crippen molar-refractivity contribution in [2.45, 2.75) is 33.0 Å². The van der Waals surface area contributed by atoms with Crippen LogP contribution in [0.5, 0.6) is 0 Å². The predicted octanol–water partition coefficient (Wildman–Crippen LogP) is 3.20. The Morgan fingerprint density at radius 2 is 1.86 bits per heavy atom. The predicted molar refractivity (Wildman–Crippen MR) is 86.5 cm³/mol. The molecule has 3 nitrogen and oxygen atoms in total. The van der Waals surface area contributed by atoms with E-state index in [0.717, 1.165) is 35.5 Å². The van der Waals surface area contributed by atoms with Crippen molar-refractivity contribution in [1.29, 1.82) is 0 Å². The van der Waals surface area contributed by atoms with Gasteiger partial charge in [-0.05, 0) is 36.0 Å². The highest BCUT2D eigenvalue weighted by atomic mass is 35.5. The van der Waals surface area contributed by atoms with Gasteiger partial charge >= 0.3 is 0 Å². The van der Waals surface area contributed by atoms with Crippen LogP contribution in [0.15, 0.2) is 24.3 Å². The molecule has 1 aromatic rings. The number of hydrogen-bond acceptors (Lipinski definition) is 3. The molecule has 2 rings (SSSR count). The zero-order valence-electron chi connectivity index (χ0n) is 13.0. The molecule has 1 heterocycles. The first-order valence-electron chi connectivity index (χ1n) is 7.75. The highest BCUT2D eigenvalue weighted by molar-refractivity contribution is 6.30. The molecule has 1 fully saturated rings. The van der Waals surface area contributed by atoms with E-state index < -0.39 is 6.10 Å². The Bertz CT molecular complexity index is 413. The number of β-amino-alcohol motifs (C(OH)–C–C–N with tert-alkyl or cyclic N) is 1. The maximum atomic E-state index is 10.1. The fourth-order valence-electron chi connectivity index (χ4n) is 3.19. The lowest BCUT2D eigenvalue weighted by molar-refractivity contribution is -0.000893. The Hall–Kier alpha value is -0.610. The van der Waals surface area contributed by atoms with Crippen LogP contribution in [0.2, 0.25) is 5.02 Å². The standard InChI is InChI=1S/C17H26ClNO2/c1-13-7-14(2)9-19(8-13)10-17(20)12-21-11-15-3-5-16(18)6-4-15/h3-6,13-14,17,20H,7-12H2,1-2H3/t13-,14+,17-/m1/s1. The van der Waals surface area contributed by atoms with Crippen LogP contribution < -0.4 is 0 Å². The molecule has 0 amide bonds. The average molecular weight is 312 g/mol. The summed E-state index contributed by atoms with van der Waals surface area (Å²) in [5, 5.41) is 10.8. The van der Waals surface area contributed by atoms with Crippen LogP contribution in [0.25, 0.3) is 0 Å². The third-order valence-electron chi connectivity index (χ3n) is 3.91. The summed E-state index contributed by atoms with van der Waals surface area (Å²) in [5.41, 5.74) is 1.08. The van der Waals surface area contributed by atoms with Gasteiger partial charge in [0.05, 0.1) is 19.3 Å². The Balaban J connectivity index is 1.67. The normalized spacial score (nSPS) is 25.0. The summed E-state index contributed by atoms with van der Waals surface area (Å²) in [6.45, 7) is 8.33. The van der Waals surface area contributed by atoms with Crippen LogP contribution in [0, 0.1) is 11.8 Å². The molecule has 0 unspecified atom stereocenters. The molecule has 0 aliphatic carbocycles. The number of likely N-dealkylation sites (tertiary alicyclic amines) is 1. The zero-order chi connectivity index (χ0) is 15.2. The van der Waals surface area contributed by atoms with Crippen molar-refractivity contribution in [2.24, 2.45) is 11.8 Å². The van der Waals surface area contributed by atoms with Crippen LogP contribution in [-0.2, 0) is 11.3 Å². The minimum absolute atomic E-state index is 0.377. The second-order valence-corrected chi connectivity index (χ2v) is 6.90. The van der Waals surface area contributed by atoms with E-state index in [1.807, 2.05) is 24.3 Å². The molecule has 3 atom stereocenters. The van der Waals surface area contributed by atoms with Crippen molar-refractivity contribution in [3.05, 3.63) is 34.9 Å². The fraction of sp³-hybridized carbons (Fsp3) is 0.647. The quantitative estimate of drug-likeness (QED) is 0.875. The van der Waals surface area contributed by atoms with E-state index >= 15 is 0 Å². The number of hydrogen-bond donors (Lipinski definition) is 1. The molecular weight excluding hydrogens is 286 g/mol. The molecular formula is C17H26ClNO2. The van der Waals surface area contributed by atoms with E-state index in [9.17, 15) is 5.11 Å². The molecule has 1 aliphatic heterocycles. The number of piperidine rings is 1. The third kappa shape index (κ3) is 5.95. The Morgan fingerprint density at radius 1 is 1.24 bits per heavy atom. The Morgan fingerprint density at radius 3 is 2.48 bits per heavy atom. The summed E-state index contributed by atoms with van der Waals surface area (Å²) in [6.07, 6.45) is 0.870. The summed E-state index contributed by atoms with van der Waals surface area (Å²) in [7, 11) is 0. The van der Waals surface area contributed by atoms with E-state index in [0.29, 0.717) is 19.8 Å². The zero-order valence-corrected chi connectivity index (χ0v) is 13.7. The molecule has 0 bridgehead atoms. The number of nitrogens with zero attached hydrogens (tertiary/aromatic N) is 1. The maximum Gasteiger partial charge on any atom is 0.0900 e. The van der Waals surface area contributed by atoms with Gasteiger partial charge in [0.15, 0.2) is 0 Å². The van der Waals surface area contributed by atoms with Gasteiger partial charge in [0.25, 0.3) is 0 Å². The first-order chi connectivity index (χ1) is 10.0. The number of rotatable bonds is 6. The van der Waals surface area contributed by atoms with Gasteiger partial charge < -0.3 is 14.7 Å². The maximum absolute atomic E-state index is 10.1. The summed E-state index contributed by atoms with van der Waals surface area (Å²) in [6, 6.07) is 7.60. The molecule has 4 heteroatoms. The van der Waals surface area contributed by atoms with Gasteiger partial charge in [0.2, 0.25) is 0 Å². The summed E-state index contributed by atoms with van der Waals surface area (Å²) >= 11 is 5.84. The van der Waals surface area contributed by atoms with Crippen molar-refractivity contribution in [2.75, 3.05) is 26.2 Å². The van der Waals surface area contributed by atoms with Crippen LogP contribution >= 0.6 is 11.6 Å². The molecule has 1 saturated heterocycles. The van der Waals surface area contributed by atoms with Gasteiger partial charge in [-0.15, -0.1) is 0 Å². The van der Waals surface area contributed by atoms with Crippen LogP contribution in [0.4, 0.5) is 0 Å². The van der Waals surface area contributed by atoms with Gasteiger partial charge in [-0.2, -0.15) is 0 Å². The number of ether oxygens (including phenoxy) is 1. The first-order valence-corrected chi connectivity index (χ1v) is 8.13. The van der Waals surface area contributed by atoms with Crippen molar-refractivity contribution in [1.82, 2.24) is 4.90 Å². The summed E-state index contributed by atoms with van der Waals surface area (Å²) < 4.78 is 5.60. The smallest absolute Gasteiger partial charge is 0.0900 e. The monoisotopic (exact) mass is 311 g/mol. The Kier molecular flexibility index (Phi) is 6.49. The van der Waals surface area contributed by atoms with Crippen molar-refractivity contribution >= 4 is 11.6 Å². The molecule has 0 saturated carbocycles. The summed E-state index contributed by atoms with van der Waals surface area (Å²) in [4.78, 5) is 2.36. The number of aliphatic hydroxyl groups excluding tert-OH is 1. The lowest BCUT2D eigenvalue weighted by atomic mass is 9.92. The molecule has 1 aliphatic rings. The highest BCUT2D eigenvalue weighted by Gasteiger charge is 2.23. The molecule has 21 heavy (non-hydrogen) atoms. The molecule has 0 aromatic heterocycles. The van der Waals surface area contributed by atoms with E-state index in [-0.39, 0.29) is 0 Å².